The summed E-state index contributed by atoms with van der Waals surface area (Å²) in [6.45, 7) is 1.69. The SMILES string of the molecule is Cc1cc(C#Cc2ccc(F)cn2)cc(C(=O)NC(c2ccc(F)cc2)c2cc(F)ccc2O)n1. The minimum absolute atomic E-state index is 0.0318. The molecule has 0 aliphatic heterocycles. The van der Waals surface area contributed by atoms with Gasteiger partial charge in [0.15, 0.2) is 0 Å². The number of halogens is 3. The van der Waals surface area contributed by atoms with Gasteiger partial charge in [0, 0.05) is 16.8 Å². The number of hydrogen-bond acceptors (Lipinski definition) is 4. The lowest BCUT2D eigenvalue weighted by Gasteiger charge is -2.21. The van der Waals surface area contributed by atoms with E-state index in [2.05, 4.69) is 27.1 Å². The third kappa shape index (κ3) is 5.84. The molecule has 0 aliphatic carbocycles. The number of rotatable bonds is 4. The number of phenolic OH excluding ortho intramolecular Hbond substituents is 1. The molecule has 4 aromatic rings. The van der Waals surface area contributed by atoms with Crippen LogP contribution in [0.5, 0.6) is 5.75 Å². The number of carbonyl (C=O) groups excluding carboxylic acids is 1. The summed E-state index contributed by atoms with van der Waals surface area (Å²) in [6, 6.07) is 13.4. The fourth-order valence-corrected chi connectivity index (χ4v) is 3.40. The van der Waals surface area contributed by atoms with Gasteiger partial charge in [-0.1, -0.05) is 18.1 Å². The topological polar surface area (TPSA) is 75.1 Å². The summed E-state index contributed by atoms with van der Waals surface area (Å²) in [5, 5.41) is 13.1. The zero-order valence-corrected chi connectivity index (χ0v) is 18.4. The highest BCUT2D eigenvalue weighted by Crippen LogP contribution is 2.30. The summed E-state index contributed by atoms with van der Waals surface area (Å²) in [7, 11) is 0. The molecule has 0 saturated carbocycles. The Bertz CT molecular complexity index is 1440. The van der Waals surface area contributed by atoms with Crippen molar-refractivity contribution in [1.29, 1.82) is 0 Å². The van der Waals surface area contributed by atoms with Crippen molar-refractivity contribution in [3.8, 4) is 17.6 Å². The van der Waals surface area contributed by atoms with Crippen LogP contribution < -0.4 is 5.32 Å². The highest BCUT2D eigenvalue weighted by atomic mass is 19.1. The van der Waals surface area contributed by atoms with Crippen LogP contribution in [0.3, 0.4) is 0 Å². The van der Waals surface area contributed by atoms with Crippen LogP contribution in [-0.2, 0) is 0 Å². The molecule has 0 fully saturated rings. The van der Waals surface area contributed by atoms with Crippen molar-refractivity contribution < 1.29 is 23.1 Å². The van der Waals surface area contributed by atoms with Crippen LogP contribution in [0, 0.1) is 36.2 Å². The molecule has 0 radical (unpaired) electrons. The number of pyridine rings is 2. The van der Waals surface area contributed by atoms with Gasteiger partial charge in [0.1, 0.15) is 34.6 Å². The van der Waals surface area contributed by atoms with E-state index >= 15 is 0 Å². The monoisotopic (exact) mass is 473 g/mol. The molecule has 174 valence electrons. The summed E-state index contributed by atoms with van der Waals surface area (Å²) in [6.07, 6.45) is 1.05. The van der Waals surface area contributed by atoms with E-state index in [1.807, 2.05) is 0 Å². The molecule has 2 aromatic carbocycles. The first kappa shape index (κ1) is 23.5. The van der Waals surface area contributed by atoms with Gasteiger partial charge in [-0.2, -0.15) is 0 Å². The average molecular weight is 473 g/mol. The van der Waals surface area contributed by atoms with Gasteiger partial charge in [-0.3, -0.25) is 4.79 Å². The van der Waals surface area contributed by atoms with Crippen molar-refractivity contribution in [2.24, 2.45) is 0 Å². The number of aromatic hydroxyl groups is 1. The minimum Gasteiger partial charge on any atom is -0.508 e. The maximum Gasteiger partial charge on any atom is 0.270 e. The van der Waals surface area contributed by atoms with E-state index in [9.17, 15) is 23.1 Å². The van der Waals surface area contributed by atoms with Crippen molar-refractivity contribution in [3.05, 3.63) is 124 Å². The maximum absolute atomic E-state index is 14.0. The van der Waals surface area contributed by atoms with E-state index in [4.69, 9.17) is 0 Å². The van der Waals surface area contributed by atoms with Crippen LogP contribution in [0.25, 0.3) is 0 Å². The lowest BCUT2D eigenvalue weighted by molar-refractivity contribution is 0.0937. The number of nitrogens with zero attached hydrogens (tertiary/aromatic N) is 2. The fraction of sp³-hybridized carbons (Fsp3) is 0.0741. The van der Waals surface area contributed by atoms with Crippen LogP contribution in [0.15, 0.2) is 72.9 Å². The van der Waals surface area contributed by atoms with Gasteiger partial charge in [-0.15, -0.1) is 0 Å². The Morgan fingerprint density at radius 3 is 2.34 bits per heavy atom. The van der Waals surface area contributed by atoms with Crippen LogP contribution >= 0.6 is 0 Å². The molecule has 5 nitrogen and oxygen atoms in total. The number of carbonyl (C=O) groups is 1. The van der Waals surface area contributed by atoms with Crippen molar-refractivity contribution in [2.75, 3.05) is 0 Å². The Hall–Kier alpha value is -4.64. The Morgan fingerprint density at radius 1 is 0.914 bits per heavy atom. The van der Waals surface area contributed by atoms with Crippen LogP contribution in [-0.4, -0.2) is 21.0 Å². The standard InChI is InChI=1S/C27H18F3N3O2/c1-16-12-17(2-9-22-10-7-21(30)15-31-22)13-24(32-16)27(35)33-26(18-3-5-19(28)6-4-18)23-14-20(29)8-11-25(23)34/h3-8,10-15,26,34H,1H3,(H,33,35). The molecule has 8 heteroatoms. The second kappa shape index (κ2) is 10.1. The van der Waals surface area contributed by atoms with Crippen molar-refractivity contribution in [1.82, 2.24) is 15.3 Å². The van der Waals surface area contributed by atoms with E-state index in [-0.39, 0.29) is 17.0 Å². The highest BCUT2D eigenvalue weighted by molar-refractivity contribution is 5.93. The maximum atomic E-state index is 14.0. The summed E-state index contributed by atoms with van der Waals surface area (Å²) in [5.74, 6) is 3.24. The molecule has 2 aromatic heterocycles. The van der Waals surface area contributed by atoms with Crippen molar-refractivity contribution >= 4 is 5.91 Å². The number of phenols is 1. The van der Waals surface area contributed by atoms with E-state index in [1.54, 1.807) is 13.0 Å². The normalized spacial score (nSPS) is 11.3. The third-order valence-electron chi connectivity index (χ3n) is 5.03. The van der Waals surface area contributed by atoms with Gasteiger partial charge in [-0.25, -0.2) is 23.1 Å². The Balaban J connectivity index is 1.67. The first-order valence-electron chi connectivity index (χ1n) is 10.5. The quantitative estimate of drug-likeness (QED) is 0.417. The summed E-state index contributed by atoms with van der Waals surface area (Å²) in [5.41, 5.74) is 1.89. The van der Waals surface area contributed by atoms with Gasteiger partial charge >= 0.3 is 0 Å². The van der Waals surface area contributed by atoms with Crippen LogP contribution in [0.2, 0.25) is 0 Å². The number of nitrogens with one attached hydrogen (secondary N) is 1. The van der Waals surface area contributed by atoms with Crippen molar-refractivity contribution in [2.45, 2.75) is 13.0 Å². The lowest BCUT2D eigenvalue weighted by atomic mass is 9.97. The zero-order chi connectivity index (χ0) is 24.9. The molecule has 0 saturated heterocycles. The molecular weight excluding hydrogens is 455 g/mol. The van der Waals surface area contributed by atoms with Gasteiger partial charge in [-0.05, 0) is 73.0 Å². The number of hydrogen-bond donors (Lipinski definition) is 2. The first-order chi connectivity index (χ1) is 16.8. The Labute approximate surface area is 199 Å². The molecule has 1 unspecified atom stereocenters. The molecule has 35 heavy (non-hydrogen) atoms. The summed E-state index contributed by atoms with van der Waals surface area (Å²) in [4.78, 5) is 21.3. The lowest BCUT2D eigenvalue weighted by Crippen LogP contribution is -2.30. The molecule has 1 amide bonds. The number of aromatic nitrogens is 2. The largest absolute Gasteiger partial charge is 0.508 e. The number of amides is 1. The molecule has 1 atom stereocenters. The summed E-state index contributed by atoms with van der Waals surface area (Å²) >= 11 is 0. The molecule has 2 heterocycles. The molecule has 0 spiro atoms. The fourth-order valence-electron chi connectivity index (χ4n) is 3.40. The predicted molar refractivity (Wildman–Crippen MR) is 123 cm³/mol. The molecular formula is C27H18F3N3O2. The van der Waals surface area contributed by atoms with E-state index in [0.29, 0.717) is 22.5 Å². The smallest absolute Gasteiger partial charge is 0.270 e. The number of benzene rings is 2. The Morgan fingerprint density at radius 2 is 1.63 bits per heavy atom. The first-order valence-corrected chi connectivity index (χ1v) is 10.5. The predicted octanol–water partition coefficient (Wildman–Crippen LogP) is 4.83. The minimum atomic E-state index is -0.987. The van der Waals surface area contributed by atoms with Crippen LogP contribution in [0.1, 0.15) is 44.6 Å². The molecule has 0 aliphatic rings. The van der Waals surface area contributed by atoms with E-state index < -0.39 is 29.4 Å². The third-order valence-corrected chi connectivity index (χ3v) is 5.03. The van der Waals surface area contributed by atoms with Gasteiger partial charge < -0.3 is 10.4 Å². The van der Waals surface area contributed by atoms with Crippen molar-refractivity contribution in [3.63, 3.8) is 0 Å². The Kier molecular flexibility index (Phi) is 6.78. The van der Waals surface area contributed by atoms with Gasteiger partial charge in [0.05, 0.1) is 12.2 Å². The highest BCUT2D eigenvalue weighted by Gasteiger charge is 2.22. The van der Waals surface area contributed by atoms with E-state index in [0.717, 1.165) is 18.3 Å². The zero-order valence-electron chi connectivity index (χ0n) is 18.4. The van der Waals surface area contributed by atoms with Gasteiger partial charge in [0.25, 0.3) is 5.91 Å². The second-order valence-electron chi connectivity index (χ2n) is 7.66. The average Bonchev–Trinajstić information content (AvgIpc) is 2.84. The van der Waals surface area contributed by atoms with Gasteiger partial charge in [0.2, 0.25) is 0 Å². The second-order valence-corrected chi connectivity index (χ2v) is 7.66. The molecule has 2 N–H and O–H groups in total. The molecule has 4 rings (SSSR count). The van der Waals surface area contributed by atoms with Crippen LogP contribution in [0.4, 0.5) is 13.2 Å². The molecule has 0 bridgehead atoms. The summed E-state index contributed by atoms with van der Waals surface area (Å²) < 4.78 is 40.5. The van der Waals surface area contributed by atoms with E-state index in [1.165, 1.54) is 48.5 Å². The number of aryl methyl sites for hydroxylation is 1.